The molecule has 7 heteroatoms. The number of anilines is 1. The van der Waals surface area contributed by atoms with Crippen LogP contribution >= 0.6 is 0 Å². The molecule has 1 aromatic heterocycles. The Labute approximate surface area is 159 Å². The van der Waals surface area contributed by atoms with Gasteiger partial charge in [-0.2, -0.15) is 5.10 Å². The van der Waals surface area contributed by atoms with E-state index in [1.807, 2.05) is 33.8 Å². The van der Waals surface area contributed by atoms with Crippen molar-refractivity contribution in [2.45, 2.75) is 25.3 Å². The molecular weight excluding hydrogens is 342 g/mol. The van der Waals surface area contributed by atoms with Crippen molar-refractivity contribution in [2.24, 2.45) is 0 Å². The highest BCUT2D eigenvalue weighted by molar-refractivity contribution is 5.76. The van der Waals surface area contributed by atoms with Gasteiger partial charge >= 0.3 is 0 Å². The zero-order valence-electron chi connectivity index (χ0n) is 15.5. The molecule has 2 aliphatic heterocycles. The molecule has 0 bridgehead atoms. The third-order valence-electron chi connectivity index (χ3n) is 5.60. The van der Waals surface area contributed by atoms with Gasteiger partial charge in [0.2, 0.25) is 5.91 Å². The summed E-state index contributed by atoms with van der Waals surface area (Å²) in [6.07, 6.45) is 4.11. The first-order valence-electron chi connectivity index (χ1n) is 9.75. The van der Waals surface area contributed by atoms with E-state index in [1.165, 1.54) is 0 Å². The molecule has 0 unspecified atom stereocenters. The summed E-state index contributed by atoms with van der Waals surface area (Å²) in [7, 11) is 0. The van der Waals surface area contributed by atoms with Gasteiger partial charge in [0.1, 0.15) is 12.3 Å². The second kappa shape index (κ2) is 8.00. The predicted octanol–water partition coefficient (Wildman–Crippen LogP) is 1.40. The molecule has 27 heavy (non-hydrogen) atoms. The van der Waals surface area contributed by atoms with Crippen molar-refractivity contribution in [1.82, 2.24) is 20.0 Å². The van der Waals surface area contributed by atoms with Gasteiger partial charge in [0.25, 0.3) is 0 Å². The van der Waals surface area contributed by atoms with E-state index >= 15 is 0 Å². The van der Waals surface area contributed by atoms with Crippen LogP contribution in [-0.4, -0.2) is 65.0 Å². The van der Waals surface area contributed by atoms with Crippen molar-refractivity contribution in [2.75, 3.05) is 44.2 Å². The third kappa shape index (κ3) is 3.93. The summed E-state index contributed by atoms with van der Waals surface area (Å²) < 4.78 is 1.87. The Hall–Kier alpha value is -2.54. The Kier molecular flexibility index (Phi) is 5.29. The number of phenolic OH excluding ortho intramolecular Hbond substituents is 1. The number of amides is 1. The maximum absolute atomic E-state index is 12.8. The molecule has 1 atom stereocenters. The van der Waals surface area contributed by atoms with Crippen LogP contribution in [0.15, 0.2) is 36.5 Å². The van der Waals surface area contributed by atoms with Crippen molar-refractivity contribution in [3.05, 3.63) is 42.2 Å². The first-order valence-corrected chi connectivity index (χ1v) is 9.75. The Balaban J connectivity index is 1.35. The minimum atomic E-state index is 0.112. The Bertz CT molecular complexity index is 776. The largest absolute Gasteiger partial charge is 0.506 e. The predicted molar refractivity (Wildman–Crippen MR) is 104 cm³/mol. The van der Waals surface area contributed by atoms with Crippen LogP contribution in [0.1, 0.15) is 24.5 Å². The van der Waals surface area contributed by atoms with Crippen molar-refractivity contribution in [1.29, 1.82) is 0 Å². The van der Waals surface area contributed by atoms with Gasteiger partial charge in [0, 0.05) is 50.5 Å². The highest BCUT2D eigenvalue weighted by atomic mass is 16.3. The fourth-order valence-electron chi connectivity index (χ4n) is 4.08. The number of nitrogens with one attached hydrogen (secondary N) is 1. The van der Waals surface area contributed by atoms with Gasteiger partial charge in [0.15, 0.2) is 0 Å². The summed E-state index contributed by atoms with van der Waals surface area (Å²) >= 11 is 0. The smallest absolute Gasteiger partial charge is 0.244 e. The molecule has 0 spiro atoms. The summed E-state index contributed by atoms with van der Waals surface area (Å²) in [5.74, 6) is 0.840. The Morgan fingerprint density at radius 1 is 1.19 bits per heavy atom. The number of para-hydroxylation sites is 2. The SMILES string of the molecule is O=C(Cn1nccc1[C@H]1CCCNC1)N1CCN(c2ccccc2O)CC1. The minimum absolute atomic E-state index is 0.112. The van der Waals surface area contributed by atoms with Gasteiger partial charge in [-0.15, -0.1) is 0 Å². The molecule has 2 aromatic rings. The Morgan fingerprint density at radius 3 is 2.74 bits per heavy atom. The van der Waals surface area contributed by atoms with Crippen LogP contribution in [-0.2, 0) is 11.3 Å². The van der Waals surface area contributed by atoms with Gasteiger partial charge < -0.3 is 20.2 Å². The molecule has 2 saturated heterocycles. The zero-order chi connectivity index (χ0) is 18.6. The van der Waals surface area contributed by atoms with Crippen molar-refractivity contribution < 1.29 is 9.90 Å². The summed E-state index contributed by atoms with van der Waals surface area (Å²) in [4.78, 5) is 16.8. The van der Waals surface area contributed by atoms with Gasteiger partial charge in [-0.25, -0.2) is 0 Å². The van der Waals surface area contributed by atoms with Gasteiger partial charge in [-0.05, 0) is 37.6 Å². The van der Waals surface area contributed by atoms with Crippen LogP contribution in [0.2, 0.25) is 0 Å². The highest BCUT2D eigenvalue weighted by Crippen LogP contribution is 2.27. The fraction of sp³-hybridized carbons (Fsp3) is 0.500. The maximum Gasteiger partial charge on any atom is 0.244 e. The number of carbonyl (C=O) groups is 1. The van der Waals surface area contributed by atoms with Gasteiger partial charge in [-0.1, -0.05) is 12.1 Å². The normalized spacial score (nSPS) is 20.7. The van der Waals surface area contributed by atoms with Crippen LogP contribution in [0.4, 0.5) is 5.69 Å². The average Bonchev–Trinajstić information content (AvgIpc) is 3.17. The number of benzene rings is 1. The molecule has 2 fully saturated rings. The lowest BCUT2D eigenvalue weighted by Crippen LogP contribution is -2.49. The van der Waals surface area contributed by atoms with E-state index in [4.69, 9.17) is 0 Å². The van der Waals surface area contributed by atoms with Crippen molar-refractivity contribution >= 4 is 11.6 Å². The number of aromatic nitrogens is 2. The molecule has 0 radical (unpaired) electrons. The number of carbonyl (C=O) groups excluding carboxylic acids is 1. The molecule has 0 aliphatic carbocycles. The van der Waals surface area contributed by atoms with Crippen LogP contribution in [0.3, 0.4) is 0 Å². The number of aromatic hydroxyl groups is 1. The first kappa shape index (κ1) is 17.9. The van der Waals surface area contributed by atoms with Crippen LogP contribution in [0.25, 0.3) is 0 Å². The third-order valence-corrected chi connectivity index (χ3v) is 5.60. The lowest BCUT2D eigenvalue weighted by atomic mass is 9.96. The lowest BCUT2D eigenvalue weighted by molar-refractivity contribution is -0.132. The van der Waals surface area contributed by atoms with Crippen molar-refractivity contribution in [3.63, 3.8) is 0 Å². The number of rotatable bonds is 4. The number of piperazine rings is 1. The van der Waals surface area contributed by atoms with Crippen LogP contribution in [0, 0.1) is 0 Å². The van der Waals surface area contributed by atoms with E-state index in [-0.39, 0.29) is 5.91 Å². The molecule has 2 aliphatic rings. The van der Waals surface area contributed by atoms with Crippen LogP contribution < -0.4 is 10.2 Å². The number of hydrogen-bond donors (Lipinski definition) is 2. The second-order valence-electron chi connectivity index (χ2n) is 7.31. The molecule has 4 rings (SSSR count). The topological polar surface area (TPSA) is 73.6 Å². The summed E-state index contributed by atoms with van der Waals surface area (Å²) in [6, 6.07) is 9.41. The minimum Gasteiger partial charge on any atom is -0.506 e. The Morgan fingerprint density at radius 2 is 2.00 bits per heavy atom. The van der Waals surface area contributed by atoms with Crippen molar-refractivity contribution in [3.8, 4) is 5.75 Å². The van der Waals surface area contributed by atoms with Gasteiger partial charge in [0.05, 0.1) is 5.69 Å². The number of hydrogen-bond acceptors (Lipinski definition) is 5. The monoisotopic (exact) mass is 369 g/mol. The lowest BCUT2D eigenvalue weighted by Gasteiger charge is -2.36. The van der Waals surface area contributed by atoms with E-state index < -0.39 is 0 Å². The highest BCUT2D eigenvalue weighted by Gasteiger charge is 2.25. The molecule has 1 aromatic carbocycles. The first-order chi connectivity index (χ1) is 13.2. The molecule has 1 amide bonds. The summed E-state index contributed by atoms with van der Waals surface area (Å²) in [5.41, 5.74) is 1.99. The average molecular weight is 369 g/mol. The number of phenols is 1. The molecule has 2 N–H and O–H groups in total. The summed E-state index contributed by atoms with van der Waals surface area (Å²) in [5, 5.41) is 17.9. The van der Waals surface area contributed by atoms with E-state index in [2.05, 4.69) is 15.3 Å². The number of piperidine rings is 1. The summed E-state index contributed by atoms with van der Waals surface area (Å²) in [6.45, 7) is 5.10. The van der Waals surface area contributed by atoms with Gasteiger partial charge in [-0.3, -0.25) is 9.48 Å². The van der Waals surface area contributed by atoms with E-state index in [1.54, 1.807) is 12.3 Å². The quantitative estimate of drug-likeness (QED) is 0.852. The fourth-order valence-corrected chi connectivity index (χ4v) is 4.08. The maximum atomic E-state index is 12.8. The molecule has 144 valence electrons. The second-order valence-corrected chi connectivity index (χ2v) is 7.31. The van der Waals surface area contributed by atoms with E-state index in [0.29, 0.717) is 31.3 Å². The number of nitrogens with zero attached hydrogens (tertiary/aromatic N) is 4. The molecular formula is C20H27N5O2. The van der Waals surface area contributed by atoms with Crippen LogP contribution in [0.5, 0.6) is 5.75 Å². The van der Waals surface area contributed by atoms with E-state index in [9.17, 15) is 9.90 Å². The standard InChI is InChI=1S/C20H27N5O2/c26-19-6-2-1-5-18(19)23-10-12-24(13-11-23)20(27)15-25-17(7-9-22-25)16-4-3-8-21-14-16/h1-2,5-7,9,16,21,26H,3-4,8,10-15H2/t16-/m0/s1. The molecule has 0 saturated carbocycles. The zero-order valence-corrected chi connectivity index (χ0v) is 15.5. The molecule has 7 nitrogen and oxygen atoms in total. The molecule has 3 heterocycles. The van der Waals surface area contributed by atoms with E-state index in [0.717, 1.165) is 50.4 Å².